The Hall–Kier alpha value is -2.00. The second-order valence-corrected chi connectivity index (χ2v) is 7.45. The summed E-state index contributed by atoms with van der Waals surface area (Å²) in [5, 5.41) is 3.79. The lowest BCUT2D eigenvalue weighted by Crippen LogP contribution is -2.48. The highest BCUT2D eigenvalue weighted by atomic mass is 16.5. The van der Waals surface area contributed by atoms with Crippen molar-refractivity contribution in [2.45, 2.75) is 39.2 Å². The normalized spacial score (nSPS) is 20.1. The predicted molar refractivity (Wildman–Crippen MR) is 98.7 cm³/mol. The zero-order valence-electron chi connectivity index (χ0n) is 16.1. The molecule has 0 aliphatic carbocycles. The third-order valence-corrected chi connectivity index (χ3v) is 5.69. The molecule has 1 aromatic heterocycles. The smallest absolute Gasteiger partial charge is 0.315 e. The van der Waals surface area contributed by atoms with Crippen molar-refractivity contribution in [1.29, 1.82) is 0 Å². The van der Waals surface area contributed by atoms with Gasteiger partial charge in [0.1, 0.15) is 0 Å². The third kappa shape index (κ3) is 5.49. The van der Waals surface area contributed by atoms with Crippen LogP contribution in [-0.4, -0.2) is 82.5 Å². The maximum Gasteiger partial charge on any atom is 0.315 e. The molecule has 2 N–H and O–H groups in total. The van der Waals surface area contributed by atoms with Crippen LogP contribution in [0.2, 0.25) is 0 Å². The molecule has 2 amide bonds. The molecule has 2 aliphatic rings. The van der Waals surface area contributed by atoms with Crippen molar-refractivity contribution >= 4 is 11.8 Å². The van der Waals surface area contributed by atoms with Gasteiger partial charge in [0.05, 0.1) is 6.54 Å². The van der Waals surface area contributed by atoms with Crippen LogP contribution < -0.4 is 5.73 Å². The number of amides is 2. The lowest BCUT2D eigenvalue weighted by molar-refractivity contribution is -0.133. The standard InChI is InChI=1S/C18H30N6O3/c1-2-22-9-11-24(12-10-22)16(25)4-3-14-5-7-23(8-6-14)13-15-20-18(17(19)26)27-21-15/h14H,2-13H2,1H3,(H2,19,26). The highest BCUT2D eigenvalue weighted by Gasteiger charge is 2.24. The first-order chi connectivity index (χ1) is 13.0. The number of carbonyl (C=O) groups is 2. The number of hydrogen-bond donors (Lipinski definition) is 1. The topological polar surface area (TPSA) is 109 Å². The lowest BCUT2D eigenvalue weighted by Gasteiger charge is -2.35. The molecule has 2 saturated heterocycles. The minimum atomic E-state index is -0.701. The lowest BCUT2D eigenvalue weighted by atomic mass is 9.92. The number of nitrogens with two attached hydrogens (primary N) is 1. The molecule has 3 rings (SSSR count). The Morgan fingerprint density at radius 3 is 2.41 bits per heavy atom. The fourth-order valence-electron chi connectivity index (χ4n) is 3.85. The van der Waals surface area contributed by atoms with E-state index in [1.807, 2.05) is 4.90 Å². The second kappa shape index (κ2) is 9.27. The van der Waals surface area contributed by atoms with Crippen molar-refractivity contribution in [3.63, 3.8) is 0 Å². The molecule has 0 atom stereocenters. The summed E-state index contributed by atoms with van der Waals surface area (Å²) in [6, 6.07) is 0. The number of piperazine rings is 1. The first-order valence-electron chi connectivity index (χ1n) is 9.90. The van der Waals surface area contributed by atoms with Gasteiger partial charge in [0.25, 0.3) is 0 Å². The van der Waals surface area contributed by atoms with Crippen LogP contribution in [0.25, 0.3) is 0 Å². The fourth-order valence-corrected chi connectivity index (χ4v) is 3.85. The van der Waals surface area contributed by atoms with Crippen molar-refractivity contribution in [3.05, 3.63) is 11.7 Å². The van der Waals surface area contributed by atoms with Crippen LogP contribution in [0.15, 0.2) is 4.52 Å². The molecule has 0 saturated carbocycles. The zero-order valence-corrected chi connectivity index (χ0v) is 16.1. The molecule has 2 aliphatic heterocycles. The number of likely N-dealkylation sites (tertiary alicyclic amines) is 1. The van der Waals surface area contributed by atoms with E-state index in [4.69, 9.17) is 10.3 Å². The molecule has 0 aromatic carbocycles. The quantitative estimate of drug-likeness (QED) is 0.728. The Morgan fingerprint density at radius 2 is 1.81 bits per heavy atom. The second-order valence-electron chi connectivity index (χ2n) is 7.45. The van der Waals surface area contributed by atoms with Gasteiger partial charge in [-0.25, -0.2) is 0 Å². The van der Waals surface area contributed by atoms with Gasteiger partial charge in [0.15, 0.2) is 5.82 Å². The minimum absolute atomic E-state index is 0.141. The highest BCUT2D eigenvalue weighted by molar-refractivity contribution is 5.87. The first kappa shape index (κ1) is 19.8. The SMILES string of the molecule is CCN1CCN(C(=O)CCC2CCN(Cc3noc(C(N)=O)n3)CC2)CC1. The fraction of sp³-hybridized carbons (Fsp3) is 0.778. The Balaban J connectivity index is 1.34. The molecular weight excluding hydrogens is 348 g/mol. The van der Waals surface area contributed by atoms with Gasteiger partial charge in [-0.2, -0.15) is 4.98 Å². The van der Waals surface area contributed by atoms with Crippen molar-refractivity contribution < 1.29 is 14.1 Å². The Labute approximate surface area is 159 Å². The minimum Gasteiger partial charge on any atom is -0.361 e. The first-order valence-corrected chi connectivity index (χ1v) is 9.90. The van der Waals surface area contributed by atoms with E-state index in [0.29, 0.717) is 30.6 Å². The van der Waals surface area contributed by atoms with E-state index >= 15 is 0 Å². The van der Waals surface area contributed by atoms with Crippen LogP contribution in [0.1, 0.15) is 49.1 Å². The van der Waals surface area contributed by atoms with Crippen molar-refractivity contribution in [2.24, 2.45) is 11.7 Å². The van der Waals surface area contributed by atoms with Gasteiger partial charge in [-0.15, -0.1) is 0 Å². The van der Waals surface area contributed by atoms with Gasteiger partial charge < -0.3 is 20.1 Å². The molecule has 150 valence electrons. The summed E-state index contributed by atoms with van der Waals surface area (Å²) in [5.41, 5.74) is 5.12. The summed E-state index contributed by atoms with van der Waals surface area (Å²) in [6.07, 6.45) is 3.76. The number of rotatable bonds is 7. The van der Waals surface area contributed by atoms with E-state index in [9.17, 15) is 9.59 Å². The van der Waals surface area contributed by atoms with Crippen LogP contribution in [0.4, 0.5) is 0 Å². The van der Waals surface area contributed by atoms with Crippen LogP contribution in [0.5, 0.6) is 0 Å². The molecule has 2 fully saturated rings. The van der Waals surface area contributed by atoms with Gasteiger partial charge in [-0.3, -0.25) is 14.5 Å². The molecule has 0 unspecified atom stereocenters. The van der Waals surface area contributed by atoms with Gasteiger partial charge >= 0.3 is 11.8 Å². The molecule has 1 aromatic rings. The van der Waals surface area contributed by atoms with Gasteiger partial charge in [0, 0.05) is 32.6 Å². The number of hydrogen-bond acceptors (Lipinski definition) is 7. The van der Waals surface area contributed by atoms with Crippen LogP contribution in [-0.2, 0) is 11.3 Å². The van der Waals surface area contributed by atoms with Crippen LogP contribution >= 0.6 is 0 Å². The number of aromatic nitrogens is 2. The summed E-state index contributed by atoms with van der Waals surface area (Å²) in [4.78, 5) is 34.1. The van der Waals surface area contributed by atoms with Crippen molar-refractivity contribution in [1.82, 2.24) is 24.8 Å². The molecule has 0 spiro atoms. The Morgan fingerprint density at radius 1 is 1.11 bits per heavy atom. The van der Waals surface area contributed by atoms with Crippen molar-refractivity contribution in [2.75, 3.05) is 45.8 Å². The molecule has 27 heavy (non-hydrogen) atoms. The number of likely N-dealkylation sites (N-methyl/N-ethyl adjacent to an activating group) is 1. The van der Waals surface area contributed by atoms with Crippen LogP contribution in [0, 0.1) is 5.92 Å². The number of carbonyl (C=O) groups excluding carboxylic acids is 2. The summed E-state index contributed by atoms with van der Waals surface area (Å²) in [7, 11) is 0. The Kier molecular flexibility index (Phi) is 6.78. The number of nitrogens with zero attached hydrogens (tertiary/aromatic N) is 5. The summed E-state index contributed by atoms with van der Waals surface area (Å²) < 4.78 is 4.82. The van der Waals surface area contributed by atoms with E-state index in [-0.39, 0.29) is 5.89 Å². The van der Waals surface area contributed by atoms with Gasteiger partial charge in [0.2, 0.25) is 5.91 Å². The molecule has 0 bridgehead atoms. The zero-order chi connectivity index (χ0) is 19.2. The maximum atomic E-state index is 12.4. The maximum absolute atomic E-state index is 12.4. The average molecular weight is 378 g/mol. The van der Waals surface area contributed by atoms with E-state index < -0.39 is 5.91 Å². The molecule has 3 heterocycles. The molecule has 9 heteroatoms. The summed E-state index contributed by atoms with van der Waals surface area (Å²) in [5.74, 6) is 0.544. The third-order valence-electron chi connectivity index (χ3n) is 5.69. The molecule has 9 nitrogen and oxygen atoms in total. The largest absolute Gasteiger partial charge is 0.361 e. The molecular formula is C18H30N6O3. The van der Waals surface area contributed by atoms with Crippen molar-refractivity contribution in [3.8, 4) is 0 Å². The monoisotopic (exact) mass is 378 g/mol. The summed E-state index contributed by atoms with van der Waals surface area (Å²) >= 11 is 0. The Bertz CT molecular complexity index is 633. The van der Waals surface area contributed by atoms with E-state index in [2.05, 4.69) is 26.9 Å². The number of primary amides is 1. The average Bonchev–Trinajstić information content (AvgIpc) is 3.16. The van der Waals surface area contributed by atoms with Gasteiger partial charge in [-0.1, -0.05) is 12.1 Å². The highest BCUT2D eigenvalue weighted by Crippen LogP contribution is 2.23. The van der Waals surface area contributed by atoms with E-state index in [1.54, 1.807) is 0 Å². The number of piperidine rings is 1. The van der Waals surface area contributed by atoms with Crippen LogP contribution in [0.3, 0.4) is 0 Å². The predicted octanol–water partition coefficient (Wildman–Crippen LogP) is 0.325. The summed E-state index contributed by atoms with van der Waals surface area (Å²) in [6.45, 7) is 9.38. The molecule has 0 radical (unpaired) electrons. The van der Waals surface area contributed by atoms with E-state index in [0.717, 1.165) is 65.1 Å². The van der Waals surface area contributed by atoms with Gasteiger partial charge in [-0.05, 0) is 44.8 Å². The van der Waals surface area contributed by atoms with E-state index in [1.165, 1.54) is 0 Å².